The summed E-state index contributed by atoms with van der Waals surface area (Å²) in [6.07, 6.45) is 3.19. The fourth-order valence-corrected chi connectivity index (χ4v) is 3.52. The van der Waals surface area contributed by atoms with E-state index < -0.39 is 17.1 Å². The molecule has 1 saturated heterocycles. The molecule has 21 heavy (non-hydrogen) atoms. The lowest BCUT2D eigenvalue weighted by atomic mass is 9.65. The van der Waals surface area contributed by atoms with Crippen LogP contribution in [0.4, 0.5) is 0 Å². The quantitative estimate of drug-likeness (QED) is 0.578. The molecular formula is C15H22O6. The van der Waals surface area contributed by atoms with Gasteiger partial charge in [-0.05, 0) is 12.8 Å². The molecule has 0 bridgehead atoms. The minimum atomic E-state index is -0.908. The summed E-state index contributed by atoms with van der Waals surface area (Å²) < 4.78 is 21.3. The summed E-state index contributed by atoms with van der Waals surface area (Å²) in [5, 5.41) is 0. The topological polar surface area (TPSA) is 71.1 Å². The molecule has 2 fully saturated rings. The highest BCUT2D eigenvalue weighted by Gasteiger charge is 2.57. The van der Waals surface area contributed by atoms with Crippen LogP contribution < -0.4 is 0 Å². The minimum Gasteiger partial charge on any atom is -0.469 e. The average Bonchev–Trinajstić information content (AvgIpc) is 2.92. The van der Waals surface area contributed by atoms with Crippen molar-refractivity contribution in [1.29, 1.82) is 0 Å². The summed E-state index contributed by atoms with van der Waals surface area (Å²) >= 11 is 0. The average molecular weight is 298 g/mol. The number of ether oxygens (including phenoxy) is 4. The van der Waals surface area contributed by atoms with E-state index >= 15 is 0 Å². The molecule has 1 saturated carbocycles. The minimum absolute atomic E-state index is 0.354. The van der Waals surface area contributed by atoms with Crippen molar-refractivity contribution in [3.8, 4) is 0 Å². The van der Waals surface area contributed by atoms with Gasteiger partial charge in [0.2, 0.25) is 0 Å². The molecule has 2 rings (SSSR count). The Hall–Kier alpha value is -1.40. The summed E-state index contributed by atoms with van der Waals surface area (Å²) in [4.78, 5) is 24.3. The number of esters is 2. The van der Waals surface area contributed by atoms with Crippen LogP contribution >= 0.6 is 0 Å². The summed E-state index contributed by atoms with van der Waals surface area (Å²) in [6.45, 7) is 4.63. The van der Waals surface area contributed by atoms with E-state index in [0.717, 1.165) is 0 Å². The van der Waals surface area contributed by atoms with Crippen LogP contribution in [0.5, 0.6) is 0 Å². The van der Waals surface area contributed by atoms with Crippen LogP contribution in [0.3, 0.4) is 0 Å². The standard InChI is InChI=1S/C15H22O6/c1-4-5-14(13(17)19-3)8-11(12(16)18-2)9-15(10-14)20-6-7-21-15/h4,11H,1,5-10H2,2-3H3/t11-,14+/m0/s1. The number of hydrogen-bond acceptors (Lipinski definition) is 6. The van der Waals surface area contributed by atoms with Crippen molar-refractivity contribution in [2.75, 3.05) is 27.4 Å². The molecule has 1 spiro atoms. The fourth-order valence-electron chi connectivity index (χ4n) is 3.52. The highest BCUT2D eigenvalue weighted by atomic mass is 16.7. The van der Waals surface area contributed by atoms with Crippen molar-refractivity contribution >= 4 is 11.9 Å². The van der Waals surface area contributed by atoms with Gasteiger partial charge in [0.25, 0.3) is 0 Å². The number of carbonyl (C=O) groups excluding carboxylic acids is 2. The van der Waals surface area contributed by atoms with Crippen LogP contribution in [0.25, 0.3) is 0 Å². The molecule has 6 heteroatoms. The lowest BCUT2D eigenvalue weighted by Crippen LogP contribution is -2.51. The third-order valence-corrected chi connectivity index (χ3v) is 4.30. The second-order valence-electron chi connectivity index (χ2n) is 5.68. The van der Waals surface area contributed by atoms with Gasteiger partial charge in [0, 0.05) is 12.8 Å². The summed E-state index contributed by atoms with van der Waals surface area (Å²) in [6, 6.07) is 0. The first-order valence-electron chi connectivity index (χ1n) is 7.06. The molecule has 1 aliphatic carbocycles. The van der Waals surface area contributed by atoms with Crippen molar-refractivity contribution in [2.24, 2.45) is 11.3 Å². The molecule has 0 aromatic rings. The van der Waals surface area contributed by atoms with Gasteiger partial charge in [0.15, 0.2) is 5.79 Å². The lowest BCUT2D eigenvalue weighted by Gasteiger charge is -2.45. The normalized spacial score (nSPS) is 30.9. The molecule has 2 atom stereocenters. The zero-order valence-corrected chi connectivity index (χ0v) is 12.6. The molecular weight excluding hydrogens is 276 g/mol. The predicted octanol–water partition coefficient (Wildman–Crippen LogP) is 1.44. The first-order chi connectivity index (χ1) is 10.0. The fraction of sp³-hybridized carbons (Fsp3) is 0.733. The van der Waals surface area contributed by atoms with Gasteiger partial charge in [-0.2, -0.15) is 0 Å². The molecule has 118 valence electrons. The Morgan fingerprint density at radius 3 is 2.43 bits per heavy atom. The molecule has 0 radical (unpaired) electrons. The maximum atomic E-state index is 12.3. The van der Waals surface area contributed by atoms with E-state index in [1.54, 1.807) is 6.08 Å². The maximum Gasteiger partial charge on any atom is 0.312 e. The van der Waals surface area contributed by atoms with E-state index in [1.807, 2.05) is 0 Å². The molecule has 0 aromatic heterocycles. The number of rotatable bonds is 4. The number of methoxy groups -OCH3 is 2. The van der Waals surface area contributed by atoms with Crippen molar-refractivity contribution < 1.29 is 28.5 Å². The molecule has 2 aliphatic rings. The first kappa shape index (κ1) is 16.0. The Balaban J connectivity index is 2.35. The molecule has 0 N–H and O–H groups in total. The van der Waals surface area contributed by atoms with E-state index in [1.165, 1.54) is 14.2 Å². The smallest absolute Gasteiger partial charge is 0.312 e. The van der Waals surface area contributed by atoms with Gasteiger partial charge in [0.1, 0.15) is 0 Å². The van der Waals surface area contributed by atoms with Crippen LogP contribution in [0.1, 0.15) is 25.7 Å². The zero-order chi connectivity index (χ0) is 15.5. The second-order valence-corrected chi connectivity index (χ2v) is 5.68. The van der Waals surface area contributed by atoms with Gasteiger partial charge >= 0.3 is 11.9 Å². The molecule has 1 aliphatic heterocycles. The Bertz CT molecular complexity index is 426. The summed E-state index contributed by atoms with van der Waals surface area (Å²) in [5.41, 5.74) is -0.863. The van der Waals surface area contributed by atoms with Crippen LogP contribution in [0.2, 0.25) is 0 Å². The second kappa shape index (κ2) is 6.15. The van der Waals surface area contributed by atoms with E-state index in [9.17, 15) is 9.59 Å². The van der Waals surface area contributed by atoms with Crippen LogP contribution in [0, 0.1) is 11.3 Å². The van der Waals surface area contributed by atoms with Crippen LogP contribution in [-0.2, 0) is 28.5 Å². The monoisotopic (exact) mass is 298 g/mol. The van der Waals surface area contributed by atoms with Gasteiger partial charge in [-0.3, -0.25) is 9.59 Å². The summed E-state index contributed by atoms with van der Waals surface area (Å²) in [5.74, 6) is -2.09. The van der Waals surface area contributed by atoms with Gasteiger partial charge in [-0.1, -0.05) is 6.08 Å². The van der Waals surface area contributed by atoms with E-state index in [0.29, 0.717) is 38.9 Å². The van der Waals surface area contributed by atoms with E-state index in [2.05, 4.69) is 6.58 Å². The highest BCUT2D eigenvalue weighted by molar-refractivity contribution is 5.80. The molecule has 0 amide bonds. The van der Waals surface area contributed by atoms with Crippen molar-refractivity contribution in [3.05, 3.63) is 12.7 Å². The van der Waals surface area contributed by atoms with Crippen molar-refractivity contribution in [3.63, 3.8) is 0 Å². The molecule has 6 nitrogen and oxygen atoms in total. The maximum absolute atomic E-state index is 12.3. The zero-order valence-electron chi connectivity index (χ0n) is 12.6. The molecule has 0 unspecified atom stereocenters. The van der Waals surface area contributed by atoms with Crippen molar-refractivity contribution in [1.82, 2.24) is 0 Å². The Morgan fingerprint density at radius 1 is 1.24 bits per heavy atom. The third-order valence-electron chi connectivity index (χ3n) is 4.30. The van der Waals surface area contributed by atoms with Crippen LogP contribution in [0.15, 0.2) is 12.7 Å². The summed E-state index contributed by atoms with van der Waals surface area (Å²) in [7, 11) is 2.69. The van der Waals surface area contributed by atoms with Crippen molar-refractivity contribution in [2.45, 2.75) is 31.5 Å². The van der Waals surface area contributed by atoms with E-state index in [-0.39, 0.29) is 11.9 Å². The number of allylic oxidation sites excluding steroid dienone is 1. The third kappa shape index (κ3) is 2.96. The Labute approximate surface area is 124 Å². The largest absolute Gasteiger partial charge is 0.469 e. The number of carbonyl (C=O) groups is 2. The highest BCUT2D eigenvalue weighted by Crippen LogP contribution is 2.51. The van der Waals surface area contributed by atoms with Gasteiger partial charge in [-0.15, -0.1) is 6.58 Å². The Kier molecular flexibility index (Phi) is 4.68. The lowest BCUT2D eigenvalue weighted by molar-refractivity contribution is -0.223. The molecule has 1 heterocycles. The van der Waals surface area contributed by atoms with E-state index in [4.69, 9.17) is 18.9 Å². The Morgan fingerprint density at radius 2 is 1.90 bits per heavy atom. The van der Waals surface area contributed by atoms with Gasteiger partial charge < -0.3 is 18.9 Å². The predicted molar refractivity (Wildman–Crippen MR) is 73.3 cm³/mol. The number of hydrogen-bond donors (Lipinski definition) is 0. The van der Waals surface area contributed by atoms with Gasteiger partial charge in [0.05, 0.1) is 38.8 Å². The van der Waals surface area contributed by atoms with Crippen LogP contribution in [-0.4, -0.2) is 45.2 Å². The first-order valence-corrected chi connectivity index (χ1v) is 7.06. The van der Waals surface area contributed by atoms with Gasteiger partial charge in [-0.25, -0.2) is 0 Å². The molecule has 0 aromatic carbocycles. The SMILES string of the molecule is C=CC[C@@]1(C(=O)OC)C[C@H](C(=O)OC)CC2(C1)OCCO2.